The van der Waals surface area contributed by atoms with Crippen LogP contribution in [0.25, 0.3) is 0 Å². The van der Waals surface area contributed by atoms with E-state index in [-0.39, 0.29) is 0 Å². The minimum Gasteiger partial charge on any atom is -0.386 e. The third kappa shape index (κ3) is 4.79. The zero-order chi connectivity index (χ0) is 13.5. The van der Waals surface area contributed by atoms with Crippen LogP contribution in [0.2, 0.25) is 0 Å². The molecule has 0 aliphatic rings. The number of aliphatic hydroxyl groups is 1. The Labute approximate surface area is 111 Å². The van der Waals surface area contributed by atoms with Crippen molar-refractivity contribution in [3.8, 4) is 0 Å². The molecular formula is C16H26O2. The molecule has 1 N–H and O–H groups in total. The summed E-state index contributed by atoms with van der Waals surface area (Å²) in [4.78, 5) is 0. The Morgan fingerprint density at radius 2 is 1.94 bits per heavy atom. The molecule has 2 heteroatoms. The van der Waals surface area contributed by atoms with Crippen LogP contribution in [-0.4, -0.2) is 18.3 Å². The van der Waals surface area contributed by atoms with Gasteiger partial charge in [0.1, 0.15) is 6.10 Å². The summed E-state index contributed by atoms with van der Waals surface area (Å²) >= 11 is 0. The van der Waals surface area contributed by atoms with Gasteiger partial charge in [-0.1, -0.05) is 44.0 Å². The third-order valence-electron chi connectivity index (χ3n) is 3.25. The van der Waals surface area contributed by atoms with Crippen LogP contribution in [0.15, 0.2) is 18.2 Å². The number of ether oxygens (including phenoxy) is 1. The lowest BCUT2D eigenvalue weighted by Gasteiger charge is -2.16. The molecule has 0 fully saturated rings. The molecule has 0 spiro atoms. The Hall–Kier alpha value is -0.860. The number of hydrogen-bond acceptors (Lipinski definition) is 2. The molecule has 0 aliphatic heterocycles. The topological polar surface area (TPSA) is 29.5 Å². The fourth-order valence-electron chi connectivity index (χ4n) is 2.17. The minimum atomic E-state index is -0.515. The fourth-order valence-corrected chi connectivity index (χ4v) is 2.17. The second-order valence-corrected chi connectivity index (χ2v) is 5.31. The van der Waals surface area contributed by atoms with E-state index in [1.165, 1.54) is 18.4 Å². The summed E-state index contributed by atoms with van der Waals surface area (Å²) in [5.41, 5.74) is 3.28. The van der Waals surface area contributed by atoms with Crippen molar-refractivity contribution in [2.24, 2.45) is 5.92 Å². The van der Waals surface area contributed by atoms with Gasteiger partial charge < -0.3 is 9.84 Å². The summed E-state index contributed by atoms with van der Waals surface area (Å²) in [7, 11) is 0. The van der Waals surface area contributed by atoms with Crippen molar-refractivity contribution >= 4 is 0 Å². The van der Waals surface area contributed by atoms with Crippen molar-refractivity contribution < 1.29 is 9.84 Å². The van der Waals surface area contributed by atoms with E-state index in [0.29, 0.717) is 12.5 Å². The first-order valence-electron chi connectivity index (χ1n) is 6.87. The summed E-state index contributed by atoms with van der Waals surface area (Å²) in [6.45, 7) is 9.56. The molecule has 0 bridgehead atoms. The van der Waals surface area contributed by atoms with Crippen LogP contribution in [0.4, 0.5) is 0 Å². The molecule has 2 nitrogen and oxygen atoms in total. The molecule has 102 valence electrons. The largest absolute Gasteiger partial charge is 0.386 e. The molecule has 2 unspecified atom stereocenters. The number of aliphatic hydroxyl groups excluding tert-OH is 1. The van der Waals surface area contributed by atoms with Crippen LogP contribution in [0, 0.1) is 19.8 Å². The van der Waals surface area contributed by atoms with Gasteiger partial charge in [0.05, 0.1) is 6.61 Å². The van der Waals surface area contributed by atoms with Gasteiger partial charge in [0.2, 0.25) is 0 Å². The molecule has 1 rings (SSSR count). The lowest BCUT2D eigenvalue weighted by Crippen LogP contribution is -2.13. The molecule has 0 amide bonds. The molecular weight excluding hydrogens is 224 g/mol. The molecule has 0 saturated heterocycles. The molecule has 0 aromatic heterocycles. The van der Waals surface area contributed by atoms with E-state index in [4.69, 9.17) is 4.74 Å². The third-order valence-corrected chi connectivity index (χ3v) is 3.25. The highest BCUT2D eigenvalue weighted by atomic mass is 16.5. The highest BCUT2D eigenvalue weighted by Gasteiger charge is 2.11. The normalized spacial score (nSPS) is 14.5. The first-order chi connectivity index (χ1) is 8.54. The molecule has 18 heavy (non-hydrogen) atoms. The van der Waals surface area contributed by atoms with E-state index in [1.54, 1.807) is 0 Å². The smallest absolute Gasteiger partial charge is 0.103 e. The number of rotatable bonds is 7. The van der Waals surface area contributed by atoms with Crippen molar-refractivity contribution in [2.45, 2.75) is 46.6 Å². The van der Waals surface area contributed by atoms with Crippen LogP contribution < -0.4 is 0 Å². The highest BCUT2D eigenvalue weighted by Crippen LogP contribution is 2.19. The zero-order valence-corrected chi connectivity index (χ0v) is 12.1. The number of hydrogen-bond donors (Lipinski definition) is 1. The Balaban J connectivity index is 2.45. The maximum atomic E-state index is 10.1. The van der Waals surface area contributed by atoms with Gasteiger partial charge >= 0.3 is 0 Å². The average Bonchev–Trinajstić information content (AvgIpc) is 2.32. The van der Waals surface area contributed by atoms with E-state index in [0.717, 1.165) is 17.7 Å². The van der Waals surface area contributed by atoms with Gasteiger partial charge in [-0.25, -0.2) is 0 Å². The van der Waals surface area contributed by atoms with Crippen molar-refractivity contribution in [2.75, 3.05) is 13.2 Å². The van der Waals surface area contributed by atoms with Crippen molar-refractivity contribution in [3.05, 3.63) is 34.9 Å². The highest BCUT2D eigenvalue weighted by molar-refractivity contribution is 5.32. The number of aryl methyl sites for hydroxylation is 2. The van der Waals surface area contributed by atoms with Gasteiger partial charge in [-0.2, -0.15) is 0 Å². The maximum Gasteiger partial charge on any atom is 0.103 e. The molecule has 2 atom stereocenters. The second-order valence-electron chi connectivity index (χ2n) is 5.31. The quantitative estimate of drug-likeness (QED) is 0.798. The summed E-state index contributed by atoms with van der Waals surface area (Å²) in [6.07, 6.45) is 1.85. The first-order valence-corrected chi connectivity index (χ1v) is 6.87. The van der Waals surface area contributed by atoms with Crippen LogP contribution in [0.5, 0.6) is 0 Å². The Morgan fingerprint density at radius 1 is 1.22 bits per heavy atom. The average molecular weight is 250 g/mol. The predicted octanol–water partition coefficient (Wildman–Crippen LogP) is 3.79. The Bertz CT molecular complexity index is 360. The van der Waals surface area contributed by atoms with E-state index in [2.05, 4.69) is 19.9 Å². The zero-order valence-electron chi connectivity index (χ0n) is 12.1. The Kier molecular flexibility index (Phi) is 6.37. The molecule has 0 aliphatic carbocycles. The summed E-state index contributed by atoms with van der Waals surface area (Å²) < 4.78 is 5.61. The van der Waals surface area contributed by atoms with Crippen LogP contribution in [0.1, 0.15) is 49.5 Å². The minimum absolute atomic E-state index is 0.387. The summed E-state index contributed by atoms with van der Waals surface area (Å²) in [5.74, 6) is 0.570. The van der Waals surface area contributed by atoms with Crippen LogP contribution >= 0.6 is 0 Å². The summed E-state index contributed by atoms with van der Waals surface area (Å²) in [6, 6.07) is 6.15. The number of benzene rings is 1. The van der Waals surface area contributed by atoms with Gasteiger partial charge in [-0.05, 0) is 37.3 Å². The van der Waals surface area contributed by atoms with E-state index >= 15 is 0 Å². The van der Waals surface area contributed by atoms with Crippen LogP contribution in [0.3, 0.4) is 0 Å². The van der Waals surface area contributed by atoms with Crippen LogP contribution in [-0.2, 0) is 4.74 Å². The molecule has 0 saturated carbocycles. The lowest BCUT2D eigenvalue weighted by atomic mass is 10.0. The molecule has 0 heterocycles. The van der Waals surface area contributed by atoms with Gasteiger partial charge in [-0.15, -0.1) is 0 Å². The second kappa shape index (κ2) is 7.55. The fraction of sp³-hybridized carbons (Fsp3) is 0.625. The molecule has 1 aromatic carbocycles. The summed E-state index contributed by atoms with van der Waals surface area (Å²) in [5, 5.41) is 10.1. The maximum absolute atomic E-state index is 10.1. The lowest BCUT2D eigenvalue weighted by molar-refractivity contribution is 0.0212. The SMILES string of the molecule is CCCC(C)COCC(O)c1cc(C)ccc1C. The van der Waals surface area contributed by atoms with E-state index < -0.39 is 6.10 Å². The van der Waals surface area contributed by atoms with Crippen molar-refractivity contribution in [1.82, 2.24) is 0 Å². The Morgan fingerprint density at radius 3 is 2.61 bits per heavy atom. The van der Waals surface area contributed by atoms with Gasteiger partial charge in [0.15, 0.2) is 0 Å². The van der Waals surface area contributed by atoms with Gasteiger partial charge in [0, 0.05) is 6.61 Å². The standard InChI is InChI=1S/C16H26O2/c1-5-6-13(3)10-18-11-16(17)15-9-12(2)7-8-14(15)4/h7-9,13,16-17H,5-6,10-11H2,1-4H3. The molecule has 1 aromatic rings. The van der Waals surface area contributed by atoms with Crippen molar-refractivity contribution in [1.29, 1.82) is 0 Å². The van der Waals surface area contributed by atoms with E-state index in [9.17, 15) is 5.11 Å². The van der Waals surface area contributed by atoms with Gasteiger partial charge in [-0.3, -0.25) is 0 Å². The molecule has 0 radical (unpaired) electrons. The predicted molar refractivity (Wildman–Crippen MR) is 75.8 cm³/mol. The monoisotopic (exact) mass is 250 g/mol. The first kappa shape index (κ1) is 15.2. The van der Waals surface area contributed by atoms with Gasteiger partial charge in [0.25, 0.3) is 0 Å². The van der Waals surface area contributed by atoms with Crippen molar-refractivity contribution in [3.63, 3.8) is 0 Å². The van der Waals surface area contributed by atoms with E-state index in [1.807, 2.05) is 26.0 Å².